The van der Waals surface area contributed by atoms with Gasteiger partial charge in [0.2, 0.25) is 11.8 Å². The Kier molecular flexibility index (Phi) is 4.54. The van der Waals surface area contributed by atoms with Gasteiger partial charge in [0.05, 0.1) is 12.6 Å². The quantitative estimate of drug-likeness (QED) is 0.683. The van der Waals surface area contributed by atoms with Crippen LogP contribution in [0.4, 0.5) is 0 Å². The molecular weight excluding hydrogens is 234 g/mol. The summed E-state index contributed by atoms with van der Waals surface area (Å²) >= 11 is 0. The van der Waals surface area contributed by atoms with Crippen molar-refractivity contribution >= 4 is 11.8 Å². The Morgan fingerprint density at radius 2 is 2.11 bits per heavy atom. The summed E-state index contributed by atoms with van der Waals surface area (Å²) < 4.78 is 5.23. The first-order valence-electron chi connectivity index (χ1n) is 6.52. The Labute approximate surface area is 107 Å². The largest absolute Gasteiger partial charge is 0.381 e. The summed E-state index contributed by atoms with van der Waals surface area (Å²) in [5, 5.41) is 5.98. The first kappa shape index (κ1) is 13.3. The zero-order chi connectivity index (χ0) is 13.0. The summed E-state index contributed by atoms with van der Waals surface area (Å²) in [6, 6.07) is 0.0189. The summed E-state index contributed by atoms with van der Waals surface area (Å²) in [6.07, 6.45) is 2.52. The van der Waals surface area contributed by atoms with Gasteiger partial charge in [0.15, 0.2) is 0 Å². The molecule has 0 saturated carbocycles. The molecule has 0 radical (unpaired) electrons. The molecule has 0 aliphatic carbocycles. The van der Waals surface area contributed by atoms with E-state index in [2.05, 4.69) is 10.6 Å². The molecule has 6 nitrogen and oxygen atoms in total. The number of nitrogens with zero attached hydrogens (tertiary/aromatic N) is 1. The SMILES string of the molecule is CN1CCC(NCC(=O)NC2CCOCC2)C1=O. The molecule has 2 aliphatic rings. The normalized spacial score (nSPS) is 25.5. The van der Waals surface area contributed by atoms with E-state index in [1.807, 2.05) is 0 Å². The van der Waals surface area contributed by atoms with Gasteiger partial charge in [-0.2, -0.15) is 0 Å². The number of hydrogen-bond acceptors (Lipinski definition) is 4. The van der Waals surface area contributed by atoms with E-state index in [9.17, 15) is 9.59 Å². The van der Waals surface area contributed by atoms with Crippen LogP contribution in [-0.2, 0) is 14.3 Å². The molecule has 102 valence electrons. The number of amides is 2. The van der Waals surface area contributed by atoms with Gasteiger partial charge in [0.25, 0.3) is 0 Å². The zero-order valence-corrected chi connectivity index (χ0v) is 10.8. The molecule has 2 amide bonds. The third-order valence-electron chi connectivity index (χ3n) is 3.52. The second-order valence-corrected chi connectivity index (χ2v) is 4.94. The van der Waals surface area contributed by atoms with Gasteiger partial charge < -0.3 is 15.0 Å². The van der Waals surface area contributed by atoms with E-state index in [1.165, 1.54) is 0 Å². The summed E-state index contributed by atoms with van der Waals surface area (Å²) in [5.74, 6) is 0.0399. The van der Waals surface area contributed by atoms with Crippen molar-refractivity contribution in [2.45, 2.75) is 31.3 Å². The van der Waals surface area contributed by atoms with E-state index in [1.54, 1.807) is 11.9 Å². The number of hydrogen-bond donors (Lipinski definition) is 2. The van der Waals surface area contributed by atoms with Crippen LogP contribution >= 0.6 is 0 Å². The summed E-state index contributed by atoms with van der Waals surface area (Å²) in [6.45, 7) is 2.40. The molecule has 0 aromatic carbocycles. The molecular formula is C12H21N3O3. The molecule has 0 spiro atoms. The predicted octanol–water partition coefficient (Wildman–Crippen LogP) is -0.898. The van der Waals surface area contributed by atoms with Gasteiger partial charge in [0.1, 0.15) is 0 Å². The van der Waals surface area contributed by atoms with Crippen LogP contribution in [0.3, 0.4) is 0 Å². The average molecular weight is 255 g/mol. The maximum absolute atomic E-state index is 11.7. The third kappa shape index (κ3) is 3.43. The summed E-state index contributed by atoms with van der Waals surface area (Å²) in [5.41, 5.74) is 0. The van der Waals surface area contributed by atoms with E-state index in [4.69, 9.17) is 4.74 Å². The molecule has 0 aromatic heterocycles. The maximum Gasteiger partial charge on any atom is 0.239 e. The summed E-state index contributed by atoms with van der Waals surface area (Å²) in [7, 11) is 1.78. The Bertz CT molecular complexity index is 316. The fourth-order valence-corrected chi connectivity index (χ4v) is 2.35. The van der Waals surface area contributed by atoms with Crippen molar-refractivity contribution in [1.82, 2.24) is 15.5 Å². The molecule has 1 unspecified atom stereocenters. The maximum atomic E-state index is 11.7. The Hall–Kier alpha value is -1.14. The van der Waals surface area contributed by atoms with Gasteiger partial charge in [-0.25, -0.2) is 0 Å². The lowest BCUT2D eigenvalue weighted by molar-refractivity contribution is -0.128. The molecule has 2 N–H and O–H groups in total. The van der Waals surface area contributed by atoms with Crippen molar-refractivity contribution < 1.29 is 14.3 Å². The van der Waals surface area contributed by atoms with Crippen LogP contribution in [0.2, 0.25) is 0 Å². The number of carbonyl (C=O) groups is 2. The van der Waals surface area contributed by atoms with Crippen LogP contribution in [0.1, 0.15) is 19.3 Å². The predicted molar refractivity (Wildman–Crippen MR) is 66.0 cm³/mol. The van der Waals surface area contributed by atoms with Crippen molar-refractivity contribution in [2.75, 3.05) is 33.4 Å². The van der Waals surface area contributed by atoms with Gasteiger partial charge in [-0.05, 0) is 19.3 Å². The lowest BCUT2D eigenvalue weighted by Gasteiger charge is -2.23. The van der Waals surface area contributed by atoms with Crippen molar-refractivity contribution in [1.29, 1.82) is 0 Å². The van der Waals surface area contributed by atoms with Gasteiger partial charge in [-0.1, -0.05) is 0 Å². The lowest BCUT2D eigenvalue weighted by Crippen LogP contribution is -2.46. The first-order chi connectivity index (χ1) is 8.66. The van der Waals surface area contributed by atoms with Crippen LogP contribution in [0.5, 0.6) is 0 Å². The Morgan fingerprint density at radius 3 is 2.72 bits per heavy atom. The molecule has 0 aromatic rings. The molecule has 18 heavy (non-hydrogen) atoms. The van der Waals surface area contributed by atoms with E-state index in [-0.39, 0.29) is 30.4 Å². The van der Waals surface area contributed by atoms with Crippen molar-refractivity contribution in [3.05, 3.63) is 0 Å². The monoisotopic (exact) mass is 255 g/mol. The molecule has 2 saturated heterocycles. The smallest absolute Gasteiger partial charge is 0.239 e. The molecule has 2 rings (SSSR count). The lowest BCUT2D eigenvalue weighted by atomic mass is 10.1. The topological polar surface area (TPSA) is 70.7 Å². The minimum Gasteiger partial charge on any atom is -0.381 e. The minimum atomic E-state index is -0.199. The molecule has 0 bridgehead atoms. The average Bonchev–Trinajstić information content (AvgIpc) is 2.69. The van der Waals surface area contributed by atoms with Crippen molar-refractivity contribution in [3.63, 3.8) is 0 Å². The molecule has 1 atom stereocenters. The van der Waals surface area contributed by atoms with Crippen molar-refractivity contribution in [3.8, 4) is 0 Å². The molecule has 2 aliphatic heterocycles. The Balaban J connectivity index is 1.67. The minimum absolute atomic E-state index is 0.0377. The number of nitrogens with one attached hydrogen (secondary N) is 2. The van der Waals surface area contributed by atoms with Crippen molar-refractivity contribution in [2.24, 2.45) is 0 Å². The van der Waals surface area contributed by atoms with Gasteiger partial charge in [-0.3, -0.25) is 14.9 Å². The zero-order valence-electron chi connectivity index (χ0n) is 10.8. The van der Waals surface area contributed by atoms with Crippen LogP contribution in [0, 0.1) is 0 Å². The van der Waals surface area contributed by atoms with Crippen LogP contribution < -0.4 is 10.6 Å². The fraction of sp³-hybridized carbons (Fsp3) is 0.833. The van der Waals surface area contributed by atoms with E-state index in [0.717, 1.165) is 25.8 Å². The second kappa shape index (κ2) is 6.15. The van der Waals surface area contributed by atoms with Gasteiger partial charge in [-0.15, -0.1) is 0 Å². The molecule has 6 heteroatoms. The number of likely N-dealkylation sites (tertiary alicyclic amines) is 1. The van der Waals surface area contributed by atoms with E-state index in [0.29, 0.717) is 13.2 Å². The Morgan fingerprint density at radius 1 is 1.39 bits per heavy atom. The van der Waals surface area contributed by atoms with Gasteiger partial charge >= 0.3 is 0 Å². The highest BCUT2D eigenvalue weighted by Gasteiger charge is 2.29. The van der Waals surface area contributed by atoms with Gasteiger partial charge in [0, 0.05) is 32.8 Å². The van der Waals surface area contributed by atoms with Crippen LogP contribution in [0.25, 0.3) is 0 Å². The van der Waals surface area contributed by atoms with E-state index < -0.39 is 0 Å². The highest BCUT2D eigenvalue weighted by Crippen LogP contribution is 2.08. The highest BCUT2D eigenvalue weighted by atomic mass is 16.5. The second-order valence-electron chi connectivity index (χ2n) is 4.94. The first-order valence-corrected chi connectivity index (χ1v) is 6.52. The fourth-order valence-electron chi connectivity index (χ4n) is 2.35. The van der Waals surface area contributed by atoms with E-state index >= 15 is 0 Å². The molecule has 2 heterocycles. The number of ether oxygens (including phenoxy) is 1. The number of rotatable bonds is 4. The standard InChI is InChI=1S/C12H21N3O3/c1-15-5-2-10(12(15)17)13-8-11(16)14-9-3-6-18-7-4-9/h9-10,13H,2-8H2,1H3,(H,14,16). The third-order valence-corrected chi connectivity index (χ3v) is 3.52. The number of carbonyl (C=O) groups excluding carboxylic acids is 2. The molecule has 2 fully saturated rings. The number of likely N-dealkylation sites (N-methyl/N-ethyl adjacent to an activating group) is 1. The van der Waals surface area contributed by atoms with Crippen LogP contribution in [0.15, 0.2) is 0 Å². The summed E-state index contributed by atoms with van der Waals surface area (Å²) in [4.78, 5) is 25.0. The highest BCUT2D eigenvalue weighted by molar-refractivity contribution is 5.85. The van der Waals surface area contributed by atoms with Crippen LogP contribution in [-0.4, -0.2) is 62.1 Å².